The number of fused-ring (bicyclic) bond motifs is 2. The van der Waals surface area contributed by atoms with Gasteiger partial charge in [0.05, 0.1) is 26.2 Å². The Morgan fingerprint density at radius 1 is 0.573 bits per heavy atom. The number of benzene rings is 6. The monoisotopic (exact) mass is 1390 g/mol. The number of aromatic nitrogens is 4. The van der Waals surface area contributed by atoms with E-state index in [9.17, 15) is 59.8 Å². The van der Waals surface area contributed by atoms with Crippen molar-refractivity contribution in [3.05, 3.63) is 233 Å². The first kappa shape index (κ1) is 43.4. The van der Waals surface area contributed by atoms with Gasteiger partial charge in [-0.15, -0.1) is 0 Å². The third-order valence-electron chi connectivity index (χ3n) is 14.6. The summed E-state index contributed by atoms with van der Waals surface area (Å²) in [5.41, 5.74) is -6.99. The van der Waals surface area contributed by atoms with Crippen LogP contribution in [0.3, 0.4) is 0 Å². The van der Waals surface area contributed by atoms with Gasteiger partial charge in [0.15, 0.2) is 10.3 Å². The predicted octanol–water partition coefficient (Wildman–Crippen LogP) is 15.0. The first-order valence-electron chi connectivity index (χ1n) is 43.2. The topological polar surface area (TPSA) is 117 Å². The van der Waals surface area contributed by atoms with Gasteiger partial charge in [0, 0.05) is 96.4 Å². The summed E-state index contributed by atoms with van der Waals surface area (Å²) in [6.45, 7) is -26.2. The molecule has 2 aliphatic carbocycles. The molecule has 0 bridgehead atoms. The first-order chi connectivity index (χ1) is 56.4. The second-order valence-electron chi connectivity index (χ2n) is 21.1. The molecule has 2 heterocycles. The number of alkyl halides is 6. The quantitative estimate of drug-likeness (QED) is 0.0295. The summed E-state index contributed by atoms with van der Waals surface area (Å²) in [5, 5.41) is -0.468. The molecule has 0 spiro atoms. The average molecular weight is 1390 g/mol. The number of carbonyl (C=O) groups excluding carboxylic acids is 2. The van der Waals surface area contributed by atoms with E-state index in [4.69, 9.17) is 32.9 Å². The van der Waals surface area contributed by atoms with Gasteiger partial charge in [-0.3, -0.25) is 19.2 Å². The van der Waals surface area contributed by atoms with Crippen molar-refractivity contribution in [1.29, 1.82) is 0 Å². The minimum atomic E-state index is -5.18. The Kier molecular flexibility index (Phi) is 14.9. The lowest BCUT2D eigenvalue weighted by molar-refractivity contribution is -0.138. The highest BCUT2D eigenvalue weighted by Gasteiger charge is 2.34. The van der Waals surface area contributed by atoms with Crippen molar-refractivity contribution in [2.75, 3.05) is 52.0 Å². The van der Waals surface area contributed by atoms with Crippen LogP contribution in [0.25, 0.3) is 22.3 Å². The standard InChI is InChI=1S/2C37H40F4N4O2S/c1-4-43(5-2)18-19-44(22-26-6-10-28(11-7-26)29-12-14-30(15-13-29)37(39,40)41)34(46)23-45-33-21-25(3)20-32(33)35(47)42-36(45)48-24-27-8-16-31(38)17-9-27;1-4-43(5-2)19-20-44(22-26-9-13-28(14-10-26)29-15-18-32(25(3)21-29)37(39,40)41)34(46)23-45-33-8-6-7-31(33)35(47)42-36(45)48-24-27-11-16-30(38)17-12-27/h6-17,25H,4-5,18-24H2,1-3H3;9-18,21H,4-8,19-20,22-24H2,1-3H3/i4D2,5D2,18D2,19D2,20D2,21D2,25D;4D2,5D2,9D,10D,13D,14D,15D,18D,19D2,20D2,21D. The van der Waals surface area contributed by atoms with Gasteiger partial charge in [0.2, 0.25) is 11.8 Å². The lowest BCUT2D eigenvalue weighted by Crippen LogP contribution is -2.40. The van der Waals surface area contributed by atoms with Crippen molar-refractivity contribution < 1.29 is 83.1 Å². The number of halogens is 8. The molecule has 22 heteroatoms. The van der Waals surface area contributed by atoms with Crippen molar-refractivity contribution in [2.24, 2.45) is 5.89 Å². The second kappa shape index (κ2) is 32.9. The Bertz CT molecular complexity index is 5450. The average Bonchev–Trinajstić information content (AvgIpc) is 1.50. The van der Waals surface area contributed by atoms with E-state index in [1.807, 2.05) is 0 Å². The van der Waals surface area contributed by atoms with Crippen LogP contribution in [0.2, 0.25) is 0 Å². The molecule has 2 aliphatic rings. The lowest BCUT2D eigenvalue weighted by Gasteiger charge is -2.28. The maximum atomic E-state index is 14.8. The number of hydrogen-bond donors (Lipinski definition) is 0. The van der Waals surface area contributed by atoms with Crippen LogP contribution >= 0.6 is 23.5 Å². The third-order valence-corrected chi connectivity index (χ3v) is 16.7. The lowest BCUT2D eigenvalue weighted by atomic mass is 9.98. The van der Waals surface area contributed by atoms with Gasteiger partial charge in [-0.1, -0.05) is 155 Å². The number of hydrogen-bond acceptors (Lipinski definition) is 10. The molecule has 2 amide bonds. The molecule has 508 valence electrons. The molecule has 0 N–H and O–H groups in total. The van der Waals surface area contributed by atoms with Crippen LogP contribution in [0.4, 0.5) is 35.1 Å². The molecular formula is C74H80F8N8O4S2. The van der Waals surface area contributed by atoms with Crippen LogP contribution < -0.4 is 11.1 Å². The highest BCUT2D eigenvalue weighted by molar-refractivity contribution is 7.98. The maximum absolute atomic E-state index is 14.8. The molecule has 6 aromatic carbocycles. The molecule has 96 heavy (non-hydrogen) atoms. The van der Waals surface area contributed by atoms with Crippen LogP contribution in [0, 0.1) is 24.5 Å². The van der Waals surface area contributed by atoms with Gasteiger partial charge in [-0.25, -0.2) is 8.78 Å². The number of rotatable bonds is 26. The van der Waals surface area contributed by atoms with Crippen molar-refractivity contribution in [2.45, 2.75) is 134 Å². The summed E-state index contributed by atoms with van der Waals surface area (Å²) in [5.74, 6) is -6.49. The highest BCUT2D eigenvalue weighted by Crippen LogP contribution is 2.36. The Hall–Kier alpha value is -7.92. The van der Waals surface area contributed by atoms with Crippen molar-refractivity contribution >= 4 is 35.3 Å². The highest BCUT2D eigenvalue weighted by atomic mass is 32.2. The smallest absolute Gasteiger partial charge is 0.336 e. The molecule has 0 radical (unpaired) electrons. The number of likely N-dealkylation sites (N-methyl/N-ethyl adjacent to an activating group) is 2. The van der Waals surface area contributed by atoms with Gasteiger partial charge in [-0.2, -0.15) is 36.3 Å². The van der Waals surface area contributed by atoms with Crippen molar-refractivity contribution in [1.82, 2.24) is 38.7 Å². The zero-order valence-corrected chi connectivity index (χ0v) is 53.8. The third kappa shape index (κ3) is 19.0. The zero-order chi connectivity index (χ0) is 93.8. The Balaban J connectivity index is 0.000000281. The number of amides is 2. The van der Waals surface area contributed by atoms with Gasteiger partial charge in [0.1, 0.15) is 24.7 Å². The normalized spacial score (nSPS) is 20.9. The summed E-state index contributed by atoms with van der Waals surface area (Å²) in [6.07, 6.45) is -14.9. The molecule has 0 saturated carbocycles. The fraction of sp³-hybridized carbons (Fsp3) is 0.378. The molecule has 2 aromatic heterocycles. The summed E-state index contributed by atoms with van der Waals surface area (Å²) in [6, 6.07) is 12.2. The molecular weight excluding hydrogens is 1280 g/mol. The summed E-state index contributed by atoms with van der Waals surface area (Å²) < 4.78 is 354. The second-order valence-corrected chi connectivity index (χ2v) is 23.0. The van der Waals surface area contributed by atoms with Crippen LogP contribution in [0.1, 0.15) is 141 Å². The van der Waals surface area contributed by atoms with Crippen LogP contribution in [0.15, 0.2) is 159 Å². The summed E-state index contributed by atoms with van der Waals surface area (Å²) in [7, 11) is 0. The Morgan fingerprint density at radius 2 is 1.03 bits per heavy atom. The van der Waals surface area contributed by atoms with E-state index in [1.165, 1.54) is 77.4 Å². The van der Waals surface area contributed by atoms with Crippen molar-refractivity contribution in [3.63, 3.8) is 0 Å². The fourth-order valence-electron chi connectivity index (χ4n) is 9.68. The van der Waals surface area contributed by atoms with Crippen molar-refractivity contribution in [3.8, 4) is 22.3 Å². The molecule has 10 rings (SSSR count). The van der Waals surface area contributed by atoms with Crippen LogP contribution in [0.5, 0.6) is 0 Å². The zero-order valence-electron chi connectivity index (χ0n) is 80.2. The first-order valence-corrected chi connectivity index (χ1v) is 31.2. The molecule has 1 atom stereocenters. The van der Waals surface area contributed by atoms with E-state index >= 15 is 0 Å². The van der Waals surface area contributed by atoms with Gasteiger partial charge >= 0.3 is 12.4 Å². The minimum Gasteiger partial charge on any atom is -0.336 e. The molecule has 0 saturated heterocycles. The SMILES string of the molecule is [2H]C([2H])(C)N(C([2H])([2H])C)C([2H])([2H])C([2H])([2H])N(Cc1ccc(-c2ccc(C(F)(F)F)cc2)cc1)C(=O)Cn1c(SCc2ccc(F)cc2)nc(=O)c2c1C([2H])([2H])C([2H])(C)C2([2H])[2H].[2H]c1c([2H])c(-c2c([2H])c([2H])c(C(F)(F)F)c(C)c2[2H])c([2H])c([2H])c1CN(C(=O)Cn1c(SCc2ccc(F)cc2)nc(=O)c2c1CCC2)C([2H])([2H])C([2H])([2H])N(C([2H])([2H])C)C([2H])([2H])C. The van der Waals surface area contributed by atoms with Crippen LogP contribution in [-0.2, 0) is 85.2 Å². The number of thioether (sulfide) groups is 2. The summed E-state index contributed by atoms with van der Waals surface area (Å²) >= 11 is 1.69. The van der Waals surface area contributed by atoms with E-state index < -0.39 is 236 Å². The molecule has 1 unspecified atom stereocenters. The number of carbonyl (C=O) groups is 2. The van der Waals surface area contributed by atoms with E-state index in [2.05, 4.69) is 9.97 Å². The van der Waals surface area contributed by atoms with E-state index in [-0.39, 0.29) is 55.3 Å². The minimum absolute atomic E-state index is 0.0394. The van der Waals surface area contributed by atoms with Crippen LogP contribution in [-0.4, -0.2) is 102 Å². The van der Waals surface area contributed by atoms with Gasteiger partial charge in [0.25, 0.3) is 11.1 Å². The maximum Gasteiger partial charge on any atom is 0.416 e. The van der Waals surface area contributed by atoms with E-state index in [1.54, 1.807) is 0 Å². The van der Waals surface area contributed by atoms with Gasteiger partial charge < -0.3 is 28.7 Å². The fourth-order valence-corrected chi connectivity index (χ4v) is 11.6. The molecule has 12 nitrogen and oxygen atoms in total. The van der Waals surface area contributed by atoms with E-state index in [0.717, 1.165) is 93.9 Å². The Morgan fingerprint density at radius 3 is 1.52 bits per heavy atom. The predicted molar refractivity (Wildman–Crippen MR) is 362 cm³/mol. The molecule has 8 aromatic rings. The molecule has 0 aliphatic heterocycles. The number of nitrogens with zero attached hydrogens (tertiary/aromatic N) is 8. The summed E-state index contributed by atoms with van der Waals surface area (Å²) in [4.78, 5) is 64.7. The van der Waals surface area contributed by atoms with Gasteiger partial charge in [-0.05, 0) is 163 Å². The largest absolute Gasteiger partial charge is 0.416 e. The van der Waals surface area contributed by atoms with E-state index in [0.29, 0.717) is 39.3 Å². The molecule has 0 fully saturated rings. The Labute approximate surface area is 603 Å².